The second kappa shape index (κ2) is 14.7. The summed E-state index contributed by atoms with van der Waals surface area (Å²) in [4.78, 5) is 16.2. The molecule has 0 bridgehead atoms. The van der Waals surface area contributed by atoms with Gasteiger partial charge in [0, 0.05) is 24.8 Å². The van der Waals surface area contributed by atoms with E-state index in [1.54, 1.807) is 6.20 Å². The van der Waals surface area contributed by atoms with Crippen LogP contribution >= 0.6 is 0 Å². The highest BCUT2D eigenvalue weighted by molar-refractivity contribution is 6.74. The molecule has 0 spiro atoms. The van der Waals surface area contributed by atoms with E-state index in [9.17, 15) is 4.79 Å². The lowest BCUT2D eigenvalue weighted by Gasteiger charge is -2.36. The summed E-state index contributed by atoms with van der Waals surface area (Å²) < 4.78 is 11.4. The molecular weight excluding hydrogens is 452 g/mol. The molecule has 2 rings (SSSR count). The Morgan fingerprint density at radius 2 is 1.71 bits per heavy atom. The van der Waals surface area contributed by atoms with E-state index in [4.69, 9.17) is 9.16 Å². The van der Waals surface area contributed by atoms with Crippen LogP contribution in [0.15, 0.2) is 48.7 Å². The van der Waals surface area contributed by atoms with Gasteiger partial charge >= 0.3 is 6.09 Å². The number of hydrogen-bond acceptors (Lipinski definition) is 4. The number of rotatable bonds is 12. The predicted octanol–water partition coefficient (Wildman–Crippen LogP) is 7.22. The molecule has 0 aliphatic rings. The number of hydrogen-bond donors (Lipinski definition) is 1. The molecule has 0 atom stereocenters. The maximum atomic E-state index is 11.8. The van der Waals surface area contributed by atoms with Crippen molar-refractivity contribution in [3.05, 3.63) is 65.5 Å². The summed E-state index contributed by atoms with van der Waals surface area (Å²) in [5.41, 5.74) is 2.61. The van der Waals surface area contributed by atoms with Crippen LogP contribution in [0, 0.1) is 11.8 Å². The second-order valence-corrected chi connectivity index (χ2v) is 15.2. The molecule has 35 heavy (non-hydrogen) atoms. The normalized spacial score (nSPS) is 11.5. The van der Waals surface area contributed by atoms with Gasteiger partial charge in [0.15, 0.2) is 8.32 Å². The number of nitrogens with one attached hydrogen (secondary N) is 1. The Hall–Kier alpha value is -2.62. The SMILES string of the molecule is CC(C)(C)[Si](C)(C)OCCCCCCCC#Cc1ccc(CNC(=O)OCc2ccccc2)nc1. The zero-order valence-electron chi connectivity index (χ0n) is 22.2. The first-order valence-electron chi connectivity index (χ1n) is 12.7. The van der Waals surface area contributed by atoms with Gasteiger partial charge in [-0.25, -0.2) is 4.79 Å². The van der Waals surface area contributed by atoms with Crippen molar-refractivity contribution in [3.8, 4) is 11.8 Å². The molecule has 5 nitrogen and oxygen atoms in total. The molecule has 6 heteroatoms. The molecule has 190 valence electrons. The number of nitrogens with zero attached hydrogens (tertiary/aromatic N) is 1. The van der Waals surface area contributed by atoms with Gasteiger partial charge in [-0.05, 0) is 48.7 Å². The van der Waals surface area contributed by atoms with Gasteiger partial charge in [0.05, 0.1) is 12.2 Å². The van der Waals surface area contributed by atoms with E-state index in [0.29, 0.717) is 6.54 Å². The maximum absolute atomic E-state index is 11.8. The molecule has 1 aromatic carbocycles. The summed E-state index contributed by atoms with van der Waals surface area (Å²) in [7, 11) is -1.60. The van der Waals surface area contributed by atoms with Crippen LogP contribution in [0.2, 0.25) is 18.1 Å². The van der Waals surface area contributed by atoms with Gasteiger partial charge in [0.2, 0.25) is 0 Å². The third-order valence-electron chi connectivity index (χ3n) is 6.40. The summed E-state index contributed by atoms with van der Waals surface area (Å²) in [6.07, 6.45) is 8.13. The smallest absolute Gasteiger partial charge is 0.407 e. The topological polar surface area (TPSA) is 60.5 Å². The van der Waals surface area contributed by atoms with Gasteiger partial charge in [0.1, 0.15) is 6.61 Å². The largest absolute Gasteiger partial charge is 0.445 e. The highest BCUT2D eigenvalue weighted by Crippen LogP contribution is 2.36. The zero-order valence-corrected chi connectivity index (χ0v) is 23.2. The molecule has 1 aromatic heterocycles. The summed E-state index contributed by atoms with van der Waals surface area (Å²) in [5, 5.41) is 3.01. The van der Waals surface area contributed by atoms with E-state index < -0.39 is 14.4 Å². The summed E-state index contributed by atoms with van der Waals surface area (Å²) >= 11 is 0. The standard InChI is InChI=1S/C29H42N2O3Si/c1-29(2,3)35(4,5)34-21-15-10-8-6-7-9-12-16-25-19-20-27(30-22-25)23-31-28(32)33-24-26-17-13-11-14-18-26/h11,13-14,17-20,22H,6-10,15,21,23-24H2,1-5H3,(H,31,32). The van der Waals surface area contributed by atoms with Crippen molar-refractivity contribution in [2.24, 2.45) is 0 Å². The molecule has 0 aliphatic carbocycles. The summed E-state index contributed by atoms with van der Waals surface area (Å²) in [6, 6.07) is 13.4. The van der Waals surface area contributed by atoms with Crippen molar-refractivity contribution in [2.45, 2.75) is 90.6 Å². The van der Waals surface area contributed by atoms with Gasteiger partial charge in [-0.3, -0.25) is 4.98 Å². The monoisotopic (exact) mass is 494 g/mol. The lowest BCUT2D eigenvalue weighted by Crippen LogP contribution is -2.40. The van der Waals surface area contributed by atoms with E-state index in [1.165, 1.54) is 19.3 Å². The molecular formula is C29H42N2O3Si. The van der Waals surface area contributed by atoms with Crippen LogP contribution in [-0.2, 0) is 22.3 Å². The second-order valence-electron chi connectivity index (χ2n) is 10.4. The van der Waals surface area contributed by atoms with Gasteiger partial charge in [0.25, 0.3) is 0 Å². The highest BCUT2D eigenvalue weighted by atomic mass is 28.4. The number of aromatic nitrogens is 1. The first-order valence-corrected chi connectivity index (χ1v) is 15.6. The van der Waals surface area contributed by atoms with E-state index in [0.717, 1.165) is 42.7 Å². The number of pyridine rings is 1. The van der Waals surface area contributed by atoms with Gasteiger partial charge in [-0.2, -0.15) is 0 Å². The molecule has 0 saturated carbocycles. The van der Waals surface area contributed by atoms with Crippen molar-refractivity contribution in [1.29, 1.82) is 0 Å². The predicted molar refractivity (Wildman–Crippen MR) is 145 cm³/mol. The Morgan fingerprint density at radius 3 is 2.40 bits per heavy atom. The minimum atomic E-state index is -1.60. The number of ether oxygens (including phenoxy) is 1. The molecule has 0 radical (unpaired) electrons. The number of amides is 1. The summed E-state index contributed by atoms with van der Waals surface area (Å²) in [6.45, 7) is 13.0. The third kappa shape index (κ3) is 11.6. The Morgan fingerprint density at radius 1 is 1.00 bits per heavy atom. The van der Waals surface area contributed by atoms with Crippen LogP contribution in [0.1, 0.15) is 76.1 Å². The first-order chi connectivity index (χ1) is 16.7. The van der Waals surface area contributed by atoms with E-state index in [-0.39, 0.29) is 11.6 Å². The molecule has 0 unspecified atom stereocenters. The van der Waals surface area contributed by atoms with Crippen LogP contribution in [0.3, 0.4) is 0 Å². The molecule has 1 N–H and O–H groups in total. The van der Waals surface area contributed by atoms with Gasteiger partial charge < -0.3 is 14.5 Å². The van der Waals surface area contributed by atoms with Crippen LogP contribution < -0.4 is 5.32 Å². The number of unbranched alkanes of at least 4 members (excludes halogenated alkanes) is 5. The van der Waals surface area contributed by atoms with Gasteiger partial charge in [-0.15, -0.1) is 0 Å². The molecule has 2 aromatic rings. The van der Waals surface area contributed by atoms with Crippen molar-refractivity contribution < 1.29 is 14.0 Å². The van der Waals surface area contributed by atoms with Crippen LogP contribution in [-0.4, -0.2) is 26.0 Å². The first kappa shape index (κ1) is 28.6. The number of carbonyl (C=O) groups is 1. The average Bonchev–Trinajstić information content (AvgIpc) is 2.83. The molecule has 0 saturated heterocycles. The number of alkyl carbamates (subject to hydrolysis) is 1. The Balaban J connectivity index is 1.54. The Labute approximate surface area is 213 Å². The van der Waals surface area contributed by atoms with E-state index in [1.807, 2.05) is 42.5 Å². The molecule has 1 heterocycles. The molecule has 0 aliphatic heterocycles. The highest BCUT2D eigenvalue weighted by Gasteiger charge is 2.36. The lowest BCUT2D eigenvalue weighted by atomic mass is 10.1. The van der Waals surface area contributed by atoms with Crippen LogP contribution in [0.25, 0.3) is 0 Å². The lowest BCUT2D eigenvalue weighted by molar-refractivity contribution is 0.139. The van der Waals surface area contributed by atoms with Gasteiger partial charge in [-0.1, -0.05) is 82.2 Å². The fraction of sp³-hybridized carbons (Fsp3) is 0.517. The minimum absolute atomic E-state index is 0.250. The zero-order chi connectivity index (χ0) is 25.6. The molecule has 1 amide bonds. The fourth-order valence-electron chi connectivity index (χ4n) is 3.09. The number of carbonyl (C=O) groups excluding carboxylic acids is 1. The maximum Gasteiger partial charge on any atom is 0.407 e. The molecule has 0 fully saturated rings. The quantitative estimate of drug-likeness (QED) is 0.192. The Kier molecular flexibility index (Phi) is 12.0. The van der Waals surface area contributed by atoms with Crippen molar-refractivity contribution in [2.75, 3.05) is 6.61 Å². The van der Waals surface area contributed by atoms with Crippen LogP contribution in [0.5, 0.6) is 0 Å². The average molecular weight is 495 g/mol. The Bertz CT molecular complexity index is 942. The van der Waals surface area contributed by atoms with E-state index in [2.05, 4.69) is 56.0 Å². The van der Waals surface area contributed by atoms with E-state index >= 15 is 0 Å². The fourth-order valence-corrected chi connectivity index (χ4v) is 4.18. The number of benzene rings is 1. The van der Waals surface area contributed by atoms with Crippen LogP contribution in [0.4, 0.5) is 4.79 Å². The van der Waals surface area contributed by atoms with Crippen molar-refractivity contribution in [3.63, 3.8) is 0 Å². The third-order valence-corrected chi connectivity index (χ3v) is 10.9. The van der Waals surface area contributed by atoms with Crippen molar-refractivity contribution in [1.82, 2.24) is 10.3 Å². The minimum Gasteiger partial charge on any atom is -0.445 e. The summed E-state index contributed by atoms with van der Waals surface area (Å²) in [5.74, 6) is 6.42. The van der Waals surface area contributed by atoms with Crippen molar-refractivity contribution >= 4 is 14.4 Å².